The Morgan fingerprint density at radius 2 is 1.93 bits per heavy atom. The average Bonchev–Trinajstić information content (AvgIpc) is 2.81. The van der Waals surface area contributed by atoms with Crippen molar-refractivity contribution in [2.45, 2.75) is 50.4 Å². The molecule has 3 heterocycles. The lowest BCUT2D eigenvalue weighted by Gasteiger charge is -2.21. The smallest absolute Gasteiger partial charge is 0.190 e. The van der Waals surface area contributed by atoms with Gasteiger partial charge in [-0.1, -0.05) is 0 Å². The van der Waals surface area contributed by atoms with Crippen LogP contribution in [0, 0.1) is 0 Å². The van der Waals surface area contributed by atoms with Crippen molar-refractivity contribution < 1.29 is 23.3 Å². The fraction of sp³-hybridized carbons (Fsp3) is 1.00. The summed E-state index contributed by atoms with van der Waals surface area (Å²) in [4.78, 5) is 0. The summed E-state index contributed by atoms with van der Waals surface area (Å²) in [6, 6.07) is 0. The van der Waals surface area contributed by atoms with Gasteiger partial charge in [-0.3, -0.25) is 0 Å². The summed E-state index contributed by atoms with van der Waals surface area (Å²) in [6.07, 6.45) is -2.94. The molecule has 5 heteroatoms. The molecule has 80 valence electrons. The number of ether oxygens (including phenoxy) is 4. The largest absolute Gasteiger partial charge is 0.370 e. The second kappa shape index (κ2) is 2.66. The van der Waals surface area contributed by atoms with Gasteiger partial charge >= 0.3 is 0 Å². The summed E-state index contributed by atoms with van der Waals surface area (Å²) in [5, 5.41) is 0. The summed E-state index contributed by atoms with van der Waals surface area (Å²) < 4.78 is 35.0. The number of fused-ring (bicyclic) bond motifs is 1. The predicted octanol–water partition coefficient (Wildman–Crippen LogP) is 0.600. The summed E-state index contributed by atoms with van der Waals surface area (Å²) >= 11 is 0. The Morgan fingerprint density at radius 3 is 2.50 bits per heavy atom. The highest BCUT2D eigenvalue weighted by Crippen LogP contribution is 2.41. The molecule has 3 aliphatic rings. The van der Waals surface area contributed by atoms with E-state index in [1.165, 1.54) is 0 Å². The van der Waals surface area contributed by atoms with Gasteiger partial charge < -0.3 is 18.9 Å². The Hall–Kier alpha value is -0.230. The number of alkyl halides is 1. The fourth-order valence-corrected chi connectivity index (χ4v) is 2.03. The quantitative estimate of drug-likeness (QED) is 0.586. The lowest BCUT2D eigenvalue weighted by atomic mass is 10.1. The molecular formula is C9H13FO4. The third-order valence-electron chi connectivity index (χ3n) is 2.73. The molecule has 0 spiro atoms. The number of epoxide rings is 1. The minimum atomic E-state index is -1.14. The van der Waals surface area contributed by atoms with Crippen molar-refractivity contribution >= 4 is 0 Å². The van der Waals surface area contributed by atoms with Crippen molar-refractivity contribution in [1.82, 2.24) is 0 Å². The SMILES string of the molecule is CC1(C)OC2OC([C@H]3CO3)C(F)C2O1. The molecule has 4 nitrogen and oxygen atoms in total. The van der Waals surface area contributed by atoms with Crippen molar-refractivity contribution in [3.63, 3.8) is 0 Å². The van der Waals surface area contributed by atoms with Crippen LogP contribution in [-0.4, -0.2) is 43.2 Å². The highest BCUT2D eigenvalue weighted by atomic mass is 19.1. The summed E-state index contributed by atoms with van der Waals surface area (Å²) in [5.74, 6) is -0.741. The summed E-state index contributed by atoms with van der Waals surface area (Å²) in [6.45, 7) is 4.09. The molecule has 14 heavy (non-hydrogen) atoms. The van der Waals surface area contributed by atoms with Crippen LogP contribution < -0.4 is 0 Å². The van der Waals surface area contributed by atoms with Gasteiger partial charge in [-0.2, -0.15) is 0 Å². The molecular weight excluding hydrogens is 191 g/mol. The lowest BCUT2D eigenvalue weighted by molar-refractivity contribution is -0.212. The van der Waals surface area contributed by atoms with E-state index in [0.29, 0.717) is 6.61 Å². The zero-order valence-corrected chi connectivity index (χ0v) is 8.10. The molecule has 3 aliphatic heterocycles. The number of rotatable bonds is 1. The lowest BCUT2D eigenvalue weighted by Crippen LogP contribution is -2.34. The van der Waals surface area contributed by atoms with Crippen LogP contribution in [0.15, 0.2) is 0 Å². The average molecular weight is 204 g/mol. The van der Waals surface area contributed by atoms with Crippen molar-refractivity contribution in [1.29, 1.82) is 0 Å². The van der Waals surface area contributed by atoms with E-state index in [0.717, 1.165) is 0 Å². The molecule has 0 amide bonds. The van der Waals surface area contributed by atoms with Crippen LogP contribution in [0.1, 0.15) is 13.8 Å². The molecule has 0 radical (unpaired) electrons. The van der Waals surface area contributed by atoms with Gasteiger partial charge in [0, 0.05) is 0 Å². The topological polar surface area (TPSA) is 40.2 Å². The minimum Gasteiger partial charge on any atom is -0.370 e. The Bertz CT molecular complexity index is 251. The number of hydrogen-bond acceptors (Lipinski definition) is 4. The van der Waals surface area contributed by atoms with Crippen LogP contribution in [0.5, 0.6) is 0 Å². The van der Waals surface area contributed by atoms with Crippen molar-refractivity contribution in [2.75, 3.05) is 6.61 Å². The Morgan fingerprint density at radius 1 is 1.21 bits per heavy atom. The molecule has 5 atom stereocenters. The molecule has 0 bridgehead atoms. The Labute approximate surface area is 81.3 Å². The molecule has 0 N–H and O–H groups in total. The number of hydrogen-bond donors (Lipinski definition) is 0. The maximum absolute atomic E-state index is 13.8. The minimum absolute atomic E-state index is 0.106. The van der Waals surface area contributed by atoms with Gasteiger partial charge in [0.1, 0.15) is 18.3 Å². The van der Waals surface area contributed by atoms with Gasteiger partial charge in [0.15, 0.2) is 18.2 Å². The first kappa shape index (κ1) is 9.03. The van der Waals surface area contributed by atoms with Gasteiger partial charge in [-0.15, -0.1) is 0 Å². The van der Waals surface area contributed by atoms with Gasteiger partial charge in [0.05, 0.1) is 6.61 Å². The molecule has 4 unspecified atom stereocenters. The first-order chi connectivity index (χ1) is 6.57. The van der Waals surface area contributed by atoms with Crippen molar-refractivity contribution in [3.05, 3.63) is 0 Å². The molecule has 0 aliphatic carbocycles. The Balaban J connectivity index is 1.74. The summed E-state index contributed by atoms with van der Waals surface area (Å²) in [7, 11) is 0. The molecule has 3 fully saturated rings. The van der Waals surface area contributed by atoms with E-state index in [9.17, 15) is 4.39 Å². The van der Waals surface area contributed by atoms with Crippen LogP contribution in [0.3, 0.4) is 0 Å². The Kier molecular flexibility index (Phi) is 1.72. The van der Waals surface area contributed by atoms with E-state index in [1.807, 2.05) is 0 Å². The molecule has 0 aromatic carbocycles. The third-order valence-corrected chi connectivity index (χ3v) is 2.73. The molecule has 0 aromatic heterocycles. The van der Waals surface area contributed by atoms with Crippen LogP contribution in [0.25, 0.3) is 0 Å². The zero-order chi connectivity index (χ0) is 9.92. The van der Waals surface area contributed by atoms with E-state index in [2.05, 4.69) is 0 Å². The normalized spacial score (nSPS) is 54.6. The van der Waals surface area contributed by atoms with Crippen LogP contribution in [0.4, 0.5) is 4.39 Å². The van der Waals surface area contributed by atoms with E-state index < -0.39 is 30.5 Å². The van der Waals surface area contributed by atoms with Crippen molar-refractivity contribution in [3.8, 4) is 0 Å². The van der Waals surface area contributed by atoms with Crippen LogP contribution in [0.2, 0.25) is 0 Å². The highest BCUT2D eigenvalue weighted by molar-refractivity contribution is 4.99. The van der Waals surface area contributed by atoms with Crippen LogP contribution in [-0.2, 0) is 18.9 Å². The van der Waals surface area contributed by atoms with Crippen molar-refractivity contribution in [2.24, 2.45) is 0 Å². The van der Waals surface area contributed by atoms with Crippen LogP contribution >= 0.6 is 0 Å². The second-order valence-electron chi connectivity index (χ2n) is 4.39. The summed E-state index contributed by atoms with van der Waals surface area (Å²) in [5.41, 5.74) is 0. The standard InChI is InChI=1S/C9H13FO4/c1-9(2)13-7-5(10)6(4-3-11-4)12-8(7)14-9/h4-8H,3H2,1-2H3/t4-,5?,6?,7?,8?/m1/s1. The first-order valence-corrected chi connectivity index (χ1v) is 4.84. The fourth-order valence-electron chi connectivity index (χ4n) is 2.03. The van der Waals surface area contributed by atoms with Gasteiger partial charge in [-0.25, -0.2) is 4.39 Å². The third kappa shape index (κ3) is 1.27. The zero-order valence-electron chi connectivity index (χ0n) is 8.10. The second-order valence-corrected chi connectivity index (χ2v) is 4.39. The maximum Gasteiger partial charge on any atom is 0.190 e. The molecule has 0 aromatic rings. The molecule has 3 rings (SSSR count). The maximum atomic E-state index is 13.8. The van der Waals surface area contributed by atoms with E-state index >= 15 is 0 Å². The first-order valence-electron chi connectivity index (χ1n) is 4.84. The van der Waals surface area contributed by atoms with Gasteiger partial charge in [0.2, 0.25) is 0 Å². The van der Waals surface area contributed by atoms with E-state index in [4.69, 9.17) is 18.9 Å². The van der Waals surface area contributed by atoms with E-state index in [-0.39, 0.29) is 6.10 Å². The molecule has 3 saturated heterocycles. The monoisotopic (exact) mass is 204 g/mol. The predicted molar refractivity (Wildman–Crippen MR) is 43.3 cm³/mol. The van der Waals surface area contributed by atoms with E-state index in [1.54, 1.807) is 13.8 Å². The van der Waals surface area contributed by atoms with Gasteiger partial charge in [0.25, 0.3) is 0 Å². The molecule has 0 saturated carbocycles. The number of halogens is 1. The van der Waals surface area contributed by atoms with Gasteiger partial charge in [-0.05, 0) is 13.8 Å². The highest BCUT2D eigenvalue weighted by Gasteiger charge is 2.59.